The summed E-state index contributed by atoms with van der Waals surface area (Å²) in [5.74, 6) is -0.273. The Labute approximate surface area is 173 Å². The molecule has 1 N–H and O–H groups in total. The topological polar surface area (TPSA) is 75.7 Å². The van der Waals surface area contributed by atoms with Gasteiger partial charge < -0.3 is 15.0 Å². The van der Waals surface area contributed by atoms with Crippen molar-refractivity contribution >= 4 is 23.5 Å². The highest BCUT2D eigenvalue weighted by atomic mass is 16.5. The number of hydrogen-bond donors (Lipinski definition) is 1. The Morgan fingerprint density at radius 1 is 1.17 bits per heavy atom. The van der Waals surface area contributed by atoms with E-state index in [2.05, 4.69) is 19.2 Å². The first-order valence-electron chi connectivity index (χ1n) is 10.6. The first kappa shape index (κ1) is 21.3. The van der Waals surface area contributed by atoms with Crippen molar-refractivity contribution in [2.45, 2.75) is 59.4 Å². The van der Waals surface area contributed by atoms with Gasteiger partial charge in [-0.15, -0.1) is 0 Å². The van der Waals surface area contributed by atoms with Crippen LogP contribution in [0.5, 0.6) is 0 Å². The van der Waals surface area contributed by atoms with Crippen LogP contribution in [0.4, 0.5) is 5.69 Å². The number of esters is 1. The predicted octanol–water partition coefficient (Wildman–Crippen LogP) is 3.46. The second kappa shape index (κ2) is 8.97. The minimum Gasteiger partial charge on any atom is -0.455 e. The molecule has 0 bridgehead atoms. The van der Waals surface area contributed by atoms with E-state index >= 15 is 0 Å². The zero-order valence-corrected chi connectivity index (χ0v) is 17.9. The van der Waals surface area contributed by atoms with Crippen molar-refractivity contribution in [3.05, 3.63) is 29.3 Å². The average Bonchev–Trinajstić information content (AvgIpc) is 3.06. The molecule has 1 aliphatic carbocycles. The molecule has 2 aliphatic rings. The fraction of sp³-hybridized carbons (Fsp3) is 0.609. The number of aryl methyl sites for hydroxylation is 2. The number of ether oxygens (including phenoxy) is 1. The predicted molar refractivity (Wildman–Crippen MR) is 111 cm³/mol. The molecule has 4 atom stereocenters. The van der Waals surface area contributed by atoms with Crippen molar-refractivity contribution in [1.29, 1.82) is 0 Å². The largest absolute Gasteiger partial charge is 0.455 e. The molecule has 29 heavy (non-hydrogen) atoms. The molecule has 1 heterocycles. The molecule has 3 rings (SSSR count). The number of hydrogen-bond acceptors (Lipinski definition) is 4. The lowest BCUT2D eigenvalue weighted by molar-refractivity contribution is -0.151. The minimum absolute atomic E-state index is 0.0258. The Hall–Kier alpha value is -2.37. The van der Waals surface area contributed by atoms with Crippen molar-refractivity contribution in [1.82, 2.24) is 4.90 Å². The maximum absolute atomic E-state index is 12.5. The molecule has 0 unspecified atom stereocenters. The van der Waals surface area contributed by atoms with E-state index in [4.69, 9.17) is 4.74 Å². The van der Waals surface area contributed by atoms with Crippen LogP contribution in [0.1, 0.15) is 50.7 Å². The Morgan fingerprint density at radius 2 is 1.86 bits per heavy atom. The normalized spacial score (nSPS) is 27.0. The summed E-state index contributed by atoms with van der Waals surface area (Å²) in [6, 6.07) is 5.97. The van der Waals surface area contributed by atoms with Gasteiger partial charge in [0.2, 0.25) is 5.91 Å². The van der Waals surface area contributed by atoms with Gasteiger partial charge in [0.1, 0.15) is 0 Å². The highest BCUT2D eigenvalue weighted by Gasteiger charge is 2.42. The number of nitrogens with zero attached hydrogens (tertiary/aromatic N) is 1. The second-order valence-electron chi connectivity index (χ2n) is 8.70. The Morgan fingerprint density at radius 3 is 2.55 bits per heavy atom. The molecule has 0 spiro atoms. The van der Waals surface area contributed by atoms with Gasteiger partial charge in [-0.25, -0.2) is 0 Å². The third kappa shape index (κ3) is 4.80. The van der Waals surface area contributed by atoms with E-state index in [1.165, 1.54) is 6.42 Å². The first-order chi connectivity index (χ1) is 13.8. The molecular formula is C23H32N2O4. The SMILES string of the molecule is Cc1cccc(C)c1NC(=O)COC(=O)[C@H]1CC(=O)N([C@@H]2CCC[C@H](C)[C@@H]2C)C1. The molecule has 1 saturated carbocycles. The van der Waals surface area contributed by atoms with Gasteiger partial charge in [0.05, 0.1) is 5.92 Å². The summed E-state index contributed by atoms with van der Waals surface area (Å²) in [5.41, 5.74) is 2.66. The van der Waals surface area contributed by atoms with Crippen LogP contribution in [0, 0.1) is 31.6 Å². The third-order valence-electron chi connectivity index (χ3n) is 6.65. The van der Waals surface area contributed by atoms with Gasteiger partial charge in [0, 0.05) is 24.7 Å². The molecule has 6 nitrogen and oxygen atoms in total. The van der Waals surface area contributed by atoms with Crippen LogP contribution < -0.4 is 5.32 Å². The standard InChI is InChI=1S/C23H32N2O4/c1-14-7-6-10-19(17(14)4)25-12-18(11-21(25)27)23(28)29-13-20(26)24-22-15(2)8-5-9-16(22)3/h5,8-9,14,17-19H,6-7,10-13H2,1-4H3,(H,24,26)/t14-,17-,18-,19+/m0/s1. The van der Waals surface area contributed by atoms with E-state index in [1.807, 2.05) is 36.9 Å². The molecule has 1 aromatic rings. The van der Waals surface area contributed by atoms with Crippen LogP contribution in [0.2, 0.25) is 0 Å². The van der Waals surface area contributed by atoms with Gasteiger partial charge in [-0.2, -0.15) is 0 Å². The fourth-order valence-corrected chi connectivity index (χ4v) is 4.65. The molecule has 2 fully saturated rings. The van der Waals surface area contributed by atoms with Crippen molar-refractivity contribution in [3.8, 4) is 0 Å². The first-order valence-corrected chi connectivity index (χ1v) is 10.6. The van der Waals surface area contributed by atoms with E-state index in [0.717, 1.165) is 29.7 Å². The van der Waals surface area contributed by atoms with Gasteiger partial charge in [-0.1, -0.05) is 44.9 Å². The molecule has 1 saturated heterocycles. The van der Waals surface area contributed by atoms with Crippen molar-refractivity contribution in [2.24, 2.45) is 17.8 Å². The van der Waals surface area contributed by atoms with Crippen LogP contribution in [-0.4, -0.2) is 41.9 Å². The van der Waals surface area contributed by atoms with Crippen LogP contribution in [-0.2, 0) is 19.1 Å². The Kier molecular flexibility index (Phi) is 6.60. The number of rotatable bonds is 5. The molecule has 0 radical (unpaired) electrons. The van der Waals surface area contributed by atoms with E-state index in [9.17, 15) is 14.4 Å². The quantitative estimate of drug-likeness (QED) is 0.768. The summed E-state index contributed by atoms with van der Waals surface area (Å²) in [5, 5.41) is 2.81. The van der Waals surface area contributed by atoms with Gasteiger partial charge >= 0.3 is 5.97 Å². The number of carbonyl (C=O) groups excluding carboxylic acids is 3. The van der Waals surface area contributed by atoms with E-state index in [1.54, 1.807) is 0 Å². The van der Waals surface area contributed by atoms with Gasteiger partial charge in [0.15, 0.2) is 6.61 Å². The molecule has 0 aromatic heterocycles. The molecular weight excluding hydrogens is 368 g/mol. The zero-order valence-electron chi connectivity index (χ0n) is 17.9. The van der Waals surface area contributed by atoms with E-state index in [-0.39, 0.29) is 30.9 Å². The highest BCUT2D eigenvalue weighted by molar-refractivity contribution is 5.95. The number of nitrogens with one attached hydrogen (secondary N) is 1. The number of amides is 2. The molecule has 1 aromatic carbocycles. The number of para-hydroxylation sites is 1. The maximum Gasteiger partial charge on any atom is 0.311 e. The Bertz CT molecular complexity index is 771. The third-order valence-corrected chi connectivity index (χ3v) is 6.65. The highest BCUT2D eigenvalue weighted by Crippen LogP contribution is 2.35. The second-order valence-corrected chi connectivity index (χ2v) is 8.70. The number of likely N-dealkylation sites (tertiary alicyclic amines) is 1. The summed E-state index contributed by atoms with van der Waals surface area (Å²) in [4.78, 5) is 39.1. The fourth-order valence-electron chi connectivity index (χ4n) is 4.65. The van der Waals surface area contributed by atoms with Crippen LogP contribution >= 0.6 is 0 Å². The molecule has 2 amide bonds. The van der Waals surface area contributed by atoms with E-state index in [0.29, 0.717) is 18.4 Å². The van der Waals surface area contributed by atoms with Gasteiger partial charge in [0.25, 0.3) is 5.91 Å². The van der Waals surface area contributed by atoms with Crippen molar-refractivity contribution in [3.63, 3.8) is 0 Å². The molecule has 6 heteroatoms. The summed E-state index contributed by atoms with van der Waals surface area (Å²) >= 11 is 0. The van der Waals surface area contributed by atoms with Crippen LogP contribution in [0.15, 0.2) is 18.2 Å². The average molecular weight is 401 g/mol. The zero-order chi connectivity index (χ0) is 21.1. The number of benzene rings is 1. The minimum atomic E-state index is -0.486. The van der Waals surface area contributed by atoms with Crippen molar-refractivity contribution < 1.29 is 19.1 Å². The summed E-state index contributed by atoms with van der Waals surface area (Å²) in [6.45, 7) is 8.33. The summed E-state index contributed by atoms with van der Waals surface area (Å²) in [6.07, 6.45) is 3.49. The smallest absolute Gasteiger partial charge is 0.311 e. The number of carbonyl (C=O) groups is 3. The molecule has 1 aliphatic heterocycles. The molecule has 158 valence electrons. The van der Waals surface area contributed by atoms with Crippen LogP contribution in [0.3, 0.4) is 0 Å². The van der Waals surface area contributed by atoms with Crippen LogP contribution in [0.25, 0.3) is 0 Å². The Balaban J connectivity index is 1.52. The lowest BCUT2D eigenvalue weighted by Gasteiger charge is -2.39. The lowest BCUT2D eigenvalue weighted by Crippen LogP contribution is -2.45. The number of anilines is 1. The maximum atomic E-state index is 12.5. The van der Waals surface area contributed by atoms with E-state index < -0.39 is 11.9 Å². The van der Waals surface area contributed by atoms with Gasteiger partial charge in [-0.05, 0) is 43.2 Å². The van der Waals surface area contributed by atoms with Gasteiger partial charge in [-0.3, -0.25) is 14.4 Å². The van der Waals surface area contributed by atoms with Crippen molar-refractivity contribution in [2.75, 3.05) is 18.5 Å². The lowest BCUT2D eigenvalue weighted by atomic mass is 9.77. The summed E-state index contributed by atoms with van der Waals surface area (Å²) < 4.78 is 5.24. The monoisotopic (exact) mass is 400 g/mol. The summed E-state index contributed by atoms with van der Waals surface area (Å²) in [7, 11) is 0.